The molecule has 128 valence electrons. The van der Waals surface area contributed by atoms with Crippen LogP contribution in [-0.4, -0.2) is 60.1 Å². The number of hydrogen-bond acceptors (Lipinski definition) is 3. The van der Waals surface area contributed by atoms with Crippen molar-refractivity contribution < 1.29 is 0 Å². The van der Waals surface area contributed by atoms with Crippen LogP contribution in [0.4, 0.5) is 0 Å². The van der Waals surface area contributed by atoms with E-state index in [1.807, 2.05) is 0 Å². The first-order valence-corrected chi connectivity index (χ1v) is 10.00. The summed E-state index contributed by atoms with van der Waals surface area (Å²) in [5, 5.41) is 3.72. The first kappa shape index (κ1) is 16.7. The van der Waals surface area contributed by atoms with Crippen LogP contribution in [0.25, 0.3) is 0 Å². The summed E-state index contributed by atoms with van der Waals surface area (Å²) in [6.07, 6.45) is 12.6. The largest absolute Gasteiger partial charge is 0.314 e. The van der Waals surface area contributed by atoms with Gasteiger partial charge in [-0.05, 0) is 45.1 Å². The van der Waals surface area contributed by atoms with Crippen molar-refractivity contribution in [2.75, 3.05) is 32.7 Å². The Labute approximate surface area is 137 Å². The smallest absolute Gasteiger partial charge is 0.0460 e. The van der Waals surface area contributed by atoms with Gasteiger partial charge >= 0.3 is 0 Å². The number of rotatable bonds is 6. The van der Waals surface area contributed by atoms with E-state index in [1.54, 1.807) is 0 Å². The van der Waals surface area contributed by atoms with Crippen LogP contribution in [0.1, 0.15) is 71.6 Å². The molecule has 1 saturated carbocycles. The summed E-state index contributed by atoms with van der Waals surface area (Å²) in [7, 11) is 0. The standard InChI is InChI=1S/C19H37N3/c1-3-12-20-17-10-13-22(14-11-17)19(4-2)15-21(16-19)18-8-6-5-7-9-18/h17-18,20H,3-16H2,1-2H3. The van der Waals surface area contributed by atoms with E-state index >= 15 is 0 Å². The summed E-state index contributed by atoms with van der Waals surface area (Å²) >= 11 is 0. The number of likely N-dealkylation sites (tertiary alicyclic amines) is 2. The molecule has 0 aromatic carbocycles. The maximum atomic E-state index is 3.72. The maximum absolute atomic E-state index is 3.72. The van der Waals surface area contributed by atoms with Crippen molar-refractivity contribution in [1.29, 1.82) is 0 Å². The minimum Gasteiger partial charge on any atom is -0.314 e. The van der Waals surface area contributed by atoms with Gasteiger partial charge in [-0.1, -0.05) is 33.1 Å². The topological polar surface area (TPSA) is 18.5 Å². The van der Waals surface area contributed by atoms with Gasteiger partial charge in [-0.2, -0.15) is 0 Å². The fourth-order valence-corrected chi connectivity index (χ4v) is 4.97. The van der Waals surface area contributed by atoms with Gasteiger partial charge in [0.25, 0.3) is 0 Å². The zero-order chi connectivity index (χ0) is 15.4. The molecule has 0 bridgehead atoms. The van der Waals surface area contributed by atoms with Gasteiger partial charge in [0.2, 0.25) is 0 Å². The minimum absolute atomic E-state index is 0.521. The molecule has 0 aromatic heterocycles. The highest BCUT2D eigenvalue weighted by atomic mass is 15.4. The quantitative estimate of drug-likeness (QED) is 0.812. The molecule has 0 aromatic rings. The fraction of sp³-hybridized carbons (Fsp3) is 1.00. The van der Waals surface area contributed by atoms with Gasteiger partial charge in [0.05, 0.1) is 0 Å². The van der Waals surface area contributed by atoms with Crippen molar-refractivity contribution >= 4 is 0 Å². The second kappa shape index (κ2) is 7.63. The zero-order valence-corrected chi connectivity index (χ0v) is 14.9. The Balaban J connectivity index is 1.47. The lowest BCUT2D eigenvalue weighted by atomic mass is 9.80. The molecule has 3 aliphatic rings. The SMILES string of the molecule is CCCNC1CCN(C2(CC)CN(C3CCCCC3)C2)CC1. The molecule has 2 heterocycles. The Morgan fingerprint density at radius 1 is 0.955 bits per heavy atom. The molecular weight excluding hydrogens is 270 g/mol. The number of nitrogens with zero attached hydrogens (tertiary/aromatic N) is 2. The Morgan fingerprint density at radius 2 is 1.64 bits per heavy atom. The summed E-state index contributed by atoms with van der Waals surface area (Å²) < 4.78 is 0. The molecule has 3 nitrogen and oxygen atoms in total. The fourth-order valence-electron chi connectivity index (χ4n) is 4.97. The Hall–Kier alpha value is -0.120. The lowest BCUT2D eigenvalue weighted by Crippen LogP contribution is -2.72. The van der Waals surface area contributed by atoms with Gasteiger partial charge in [-0.25, -0.2) is 0 Å². The van der Waals surface area contributed by atoms with Crippen LogP contribution in [0.15, 0.2) is 0 Å². The van der Waals surface area contributed by atoms with E-state index in [-0.39, 0.29) is 0 Å². The van der Waals surface area contributed by atoms with E-state index in [1.165, 1.54) is 90.5 Å². The van der Waals surface area contributed by atoms with Gasteiger partial charge < -0.3 is 5.32 Å². The molecule has 3 heteroatoms. The van der Waals surface area contributed by atoms with E-state index in [9.17, 15) is 0 Å². The van der Waals surface area contributed by atoms with Crippen molar-refractivity contribution in [1.82, 2.24) is 15.1 Å². The van der Waals surface area contributed by atoms with Crippen LogP contribution in [-0.2, 0) is 0 Å². The molecule has 2 aliphatic heterocycles. The minimum atomic E-state index is 0.521. The summed E-state index contributed by atoms with van der Waals surface area (Å²) in [6, 6.07) is 1.69. The zero-order valence-electron chi connectivity index (χ0n) is 14.9. The second-order valence-corrected chi connectivity index (χ2v) is 7.99. The van der Waals surface area contributed by atoms with E-state index in [0.717, 1.165) is 12.1 Å². The van der Waals surface area contributed by atoms with Gasteiger partial charge in [0.15, 0.2) is 0 Å². The maximum Gasteiger partial charge on any atom is 0.0460 e. The van der Waals surface area contributed by atoms with Gasteiger partial charge in [-0.3, -0.25) is 9.80 Å². The highest BCUT2D eigenvalue weighted by molar-refractivity contribution is 5.06. The average Bonchev–Trinajstić information content (AvgIpc) is 2.54. The highest BCUT2D eigenvalue weighted by Crippen LogP contribution is 2.37. The van der Waals surface area contributed by atoms with Gasteiger partial charge in [0, 0.05) is 43.8 Å². The monoisotopic (exact) mass is 307 g/mol. The van der Waals surface area contributed by atoms with Crippen molar-refractivity contribution in [2.24, 2.45) is 0 Å². The van der Waals surface area contributed by atoms with Crippen LogP contribution in [0.2, 0.25) is 0 Å². The van der Waals surface area contributed by atoms with Crippen molar-refractivity contribution in [3.05, 3.63) is 0 Å². The molecule has 0 unspecified atom stereocenters. The average molecular weight is 308 g/mol. The van der Waals surface area contributed by atoms with Crippen LogP contribution in [0.5, 0.6) is 0 Å². The first-order chi connectivity index (χ1) is 10.8. The number of piperidine rings is 1. The number of nitrogens with one attached hydrogen (secondary N) is 1. The van der Waals surface area contributed by atoms with Gasteiger partial charge in [-0.15, -0.1) is 0 Å². The summed E-state index contributed by atoms with van der Waals surface area (Å²) in [5.74, 6) is 0. The van der Waals surface area contributed by atoms with E-state index in [0.29, 0.717) is 5.54 Å². The lowest BCUT2D eigenvalue weighted by molar-refractivity contribution is -0.0919. The molecule has 3 rings (SSSR count). The van der Waals surface area contributed by atoms with E-state index in [2.05, 4.69) is 29.0 Å². The first-order valence-electron chi connectivity index (χ1n) is 10.00. The summed E-state index contributed by atoms with van der Waals surface area (Å²) in [5.41, 5.74) is 0.521. The van der Waals surface area contributed by atoms with Crippen molar-refractivity contribution in [3.8, 4) is 0 Å². The molecule has 0 radical (unpaired) electrons. The molecule has 1 aliphatic carbocycles. The molecule has 3 fully saturated rings. The van der Waals surface area contributed by atoms with Crippen LogP contribution in [0, 0.1) is 0 Å². The molecule has 22 heavy (non-hydrogen) atoms. The van der Waals surface area contributed by atoms with E-state index in [4.69, 9.17) is 0 Å². The Bertz CT molecular complexity index is 324. The Kier molecular flexibility index (Phi) is 5.80. The second-order valence-electron chi connectivity index (χ2n) is 7.99. The van der Waals surface area contributed by atoms with Crippen LogP contribution >= 0.6 is 0 Å². The van der Waals surface area contributed by atoms with Crippen molar-refractivity contribution in [3.63, 3.8) is 0 Å². The predicted octanol–water partition coefficient (Wildman–Crippen LogP) is 3.25. The molecule has 0 spiro atoms. The van der Waals surface area contributed by atoms with Crippen LogP contribution < -0.4 is 5.32 Å². The van der Waals surface area contributed by atoms with Crippen LogP contribution in [0.3, 0.4) is 0 Å². The molecule has 2 saturated heterocycles. The lowest BCUT2D eigenvalue weighted by Gasteiger charge is -2.60. The molecule has 1 N–H and O–H groups in total. The third kappa shape index (κ3) is 3.52. The third-order valence-electron chi connectivity index (χ3n) is 6.59. The number of hydrogen-bond donors (Lipinski definition) is 1. The highest BCUT2D eigenvalue weighted by Gasteiger charge is 2.48. The van der Waals surface area contributed by atoms with Gasteiger partial charge in [0.1, 0.15) is 0 Å². The summed E-state index contributed by atoms with van der Waals surface area (Å²) in [6.45, 7) is 11.2. The van der Waals surface area contributed by atoms with Crippen molar-refractivity contribution in [2.45, 2.75) is 89.3 Å². The normalized spacial score (nSPS) is 28.6. The molecule has 0 amide bonds. The third-order valence-corrected chi connectivity index (χ3v) is 6.59. The Morgan fingerprint density at radius 3 is 2.23 bits per heavy atom. The van der Waals surface area contributed by atoms with E-state index < -0.39 is 0 Å². The summed E-state index contributed by atoms with van der Waals surface area (Å²) in [4.78, 5) is 5.65. The predicted molar refractivity (Wildman–Crippen MR) is 94.4 cm³/mol. The molecule has 0 atom stereocenters. The molecular formula is C19H37N3.